The predicted octanol–water partition coefficient (Wildman–Crippen LogP) is 3.94. The molecule has 122 valence electrons. The molecule has 3 nitrogen and oxygen atoms in total. The molecule has 2 rings (SSSR count). The van der Waals surface area contributed by atoms with Crippen LogP contribution in [0.1, 0.15) is 24.1 Å². The Kier molecular flexibility index (Phi) is 6.47. The van der Waals surface area contributed by atoms with Gasteiger partial charge in [-0.1, -0.05) is 24.3 Å². The molecule has 0 aliphatic carbocycles. The first-order valence-electron chi connectivity index (χ1n) is 7.34. The summed E-state index contributed by atoms with van der Waals surface area (Å²) in [4.78, 5) is 12.0. The Hall–Kier alpha value is -2.01. The highest BCUT2D eigenvalue weighted by molar-refractivity contribution is 7.99. The van der Waals surface area contributed by atoms with Gasteiger partial charge in [0, 0.05) is 5.75 Å². The molecule has 2 aromatic rings. The van der Waals surface area contributed by atoms with Crippen molar-refractivity contribution in [3.8, 4) is 5.75 Å². The van der Waals surface area contributed by atoms with Gasteiger partial charge in [-0.05, 0) is 42.3 Å². The number of carbonyl (C=O) groups excluding carboxylic acids is 1. The van der Waals surface area contributed by atoms with Crippen molar-refractivity contribution in [3.05, 3.63) is 65.5 Å². The Morgan fingerprint density at radius 3 is 2.43 bits per heavy atom. The van der Waals surface area contributed by atoms with Gasteiger partial charge in [0.15, 0.2) is 0 Å². The van der Waals surface area contributed by atoms with Crippen molar-refractivity contribution in [2.24, 2.45) is 0 Å². The minimum Gasteiger partial charge on any atom is -0.497 e. The van der Waals surface area contributed by atoms with Gasteiger partial charge in [0.1, 0.15) is 11.6 Å². The van der Waals surface area contributed by atoms with Crippen LogP contribution < -0.4 is 10.1 Å². The largest absolute Gasteiger partial charge is 0.497 e. The lowest BCUT2D eigenvalue weighted by Gasteiger charge is -2.14. The smallest absolute Gasteiger partial charge is 0.230 e. The third-order valence-electron chi connectivity index (χ3n) is 3.41. The minimum absolute atomic E-state index is 0.0135. The second-order valence-corrected chi connectivity index (χ2v) is 6.17. The Balaban J connectivity index is 1.76. The van der Waals surface area contributed by atoms with E-state index in [0.29, 0.717) is 11.5 Å². The summed E-state index contributed by atoms with van der Waals surface area (Å²) >= 11 is 1.51. The molecule has 1 atom stereocenters. The van der Waals surface area contributed by atoms with E-state index in [1.165, 1.54) is 23.9 Å². The number of benzene rings is 2. The average molecular weight is 333 g/mol. The van der Waals surface area contributed by atoms with Gasteiger partial charge in [0.25, 0.3) is 0 Å². The zero-order chi connectivity index (χ0) is 16.7. The zero-order valence-electron chi connectivity index (χ0n) is 13.2. The molecule has 5 heteroatoms. The maximum Gasteiger partial charge on any atom is 0.230 e. The molecular weight excluding hydrogens is 313 g/mol. The van der Waals surface area contributed by atoms with E-state index in [1.54, 1.807) is 19.2 Å². The molecule has 0 aliphatic rings. The fourth-order valence-corrected chi connectivity index (χ4v) is 2.90. The molecule has 2 aromatic carbocycles. The van der Waals surface area contributed by atoms with Gasteiger partial charge in [0.05, 0.1) is 18.9 Å². The summed E-state index contributed by atoms with van der Waals surface area (Å²) in [6, 6.07) is 13.9. The molecule has 23 heavy (non-hydrogen) atoms. The molecule has 1 N–H and O–H groups in total. The normalized spacial score (nSPS) is 11.8. The number of hydrogen-bond acceptors (Lipinski definition) is 3. The molecule has 0 heterocycles. The Morgan fingerprint density at radius 2 is 1.83 bits per heavy atom. The maximum absolute atomic E-state index is 12.8. The van der Waals surface area contributed by atoms with E-state index in [2.05, 4.69) is 5.32 Å². The number of nitrogens with one attached hydrogen (secondary N) is 1. The molecule has 0 spiro atoms. The Bertz CT molecular complexity index is 628. The number of methoxy groups -OCH3 is 1. The van der Waals surface area contributed by atoms with Crippen LogP contribution in [0.3, 0.4) is 0 Å². The van der Waals surface area contributed by atoms with Gasteiger partial charge in [-0.2, -0.15) is 0 Å². The fraction of sp³-hybridized carbons (Fsp3) is 0.278. The van der Waals surface area contributed by atoms with Crippen LogP contribution in [0.25, 0.3) is 0 Å². The van der Waals surface area contributed by atoms with E-state index in [-0.39, 0.29) is 17.8 Å². The van der Waals surface area contributed by atoms with Crippen LogP contribution >= 0.6 is 11.8 Å². The molecule has 0 bridgehead atoms. The highest BCUT2D eigenvalue weighted by Gasteiger charge is 2.09. The summed E-state index contributed by atoms with van der Waals surface area (Å²) in [5.74, 6) is 1.59. The van der Waals surface area contributed by atoms with Crippen LogP contribution in [0.5, 0.6) is 5.75 Å². The van der Waals surface area contributed by atoms with Crippen molar-refractivity contribution in [2.45, 2.75) is 18.7 Å². The lowest BCUT2D eigenvalue weighted by Crippen LogP contribution is -2.28. The molecule has 0 saturated carbocycles. The number of rotatable bonds is 7. The third-order valence-corrected chi connectivity index (χ3v) is 4.41. The zero-order valence-corrected chi connectivity index (χ0v) is 14.0. The van der Waals surface area contributed by atoms with Gasteiger partial charge in [0.2, 0.25) is 5.91 Å². The molecule has 0 radical (unpaired) electrons. The second-order valence-electron chi connectivity index (χ2n) is 5.18. The van der Waals surface area contributed by atoms with Gasteiger partial charge in [-0.3, -0.25) is 4.79 Å². The van der Waals surface area contributed by atoms with E-state index in [4.69, 9.17) is 4.74 Å². The second kappa shape index (κ2) is 8.58. The van der Waals surface area contributed by atoms with Crippen LogP contribution in [0.2, 0.25) is 0 Å². The lowest BCUT2D eigenvalue weighted by atomic mass is 10.1. The number of amides is 1. The van der Waals surface area contributed by atoms with E-state index in [9.17, 15) is 9.18 Å². The van der Waals surface area contributed by atoms with Crippen LogP contribution in [0.15, 0.2) is 48.5 Å². The minimum atomic E-state index is -0.246. The van der Waals surface area contributed by atoms with Crippen LogP contribution in [-0.2, 0) is 10.5 Å². The summed E-state index contributed by atoms with van der Waals surface area (Å²) < 4.78 is 17.9. The predicted molar refractivity (Wildman–Crippen MR) is 92.1 cm³/mol. The number of thioether (sulfide) groups is 1. The first-order chi connectivity index (χ1) is 11.1. The van der Waals surface area contributed by atoms with Crippen molar-refractivity contribution in [2.75, 3.05) is 12.9 Å². The van der Waals surface area contributed by atoms with Crippen LogP contribution in [0, 0.1) is 5.82 Å². The standard InChI is InChI=1S/C18H20FNO2S/c1-13(15-5-9-17(22-2)10-6-15)20-18(21)12-23-11-14-3-7-16(19)8-4-14/h3-10,13H,11-12H2,1-2H3,(H,20,21)/t13-/m0/s1. The summed E-state index contributed by atoms with van der Waals surface area (Å²) in [7, 11) is 1.62. The van der Waals surface area contributed by atoms with Crippen molar-refractivity contribution < 1.29 is 13.9 Å². The van der Waals surface area contributed by atoms with Crippen molar-refractivity contribution in [1.82, 2.24) is 5.32 Å². The molecule has 1 amide bonds. The van der Waals surface area contributed by atoms with Crippen molar-refractivity contribution in [3.63, 3.8) is 0 Å². The van der Waals surface area contributed by atoms with Gasteiger partial charge in [-0.25, -0.2) is 4.39 Å². The lowest BCUT2D eigenvalue weighted by molar-refractivity contribution is -0.119. The quantitative estimate of drug-likeness (QED) is 0.834. The summed E-state index contributed by atoms with van der Waals surface area (Å²) in [5, 5.41) is 2.97. The topological polar surface area (TPSA) is 38.3 Å². The average Bonchev–Trinajstić information content (AvgIpc) is 2.56. The third kappa shape index (κ3) is 5.60. The summed E-state index contributed by atoms with van der Waals surface area (Å²) in [5.41, 5.74) is 2.04. The monoisotopic (exact) mass is 333 g/mol. The Morgan fingerprint density at radius 1 is 1.17 bits per heavy atom. The van der Waals surface area contributed by atoms with Gasteiger partial charge in [-0.15, -0.1) is 11.8 Å². The molecule has 0 aliphatic heterocycles. The number of ether oxygens (including phenoxy) is 1. The maximum atomic E-state index is 12.8. The summed E-state index contributed by atoms with van der Waals surface area (Å²) in [6.07, 6.45) is 0. The first kappa shape index (κ1) is 17.3. The van der Waals surface area contributed by atoms with Crippen LogP contribution in [0.4, 0.5) is 4.39 Å². The molecule has 0 saturated heterocycles. The SMILES string of the molecule is COc1ccc([C@H](C)NC(=O)CSCc2ccc(F)cc2)cc1. The van der Waals surface area contributed by atoms with E-state index >= 15 is 0 Å². The number of hydrogen-bond donors (Lipinski definition) is 1. The highest BCUT2D eigenvalue weighted by atomic mass is 32.2. The molecule has 0 fully saturated rings. The Labute approximate surface area is 140 Å². The van der Waals surface area contributed by atoms with Crippen molar-refractivity contribution in [1.29, 1.82) is 0 Å². The van der Waals surface area contributed by atoms with Gasteiger partial charge < -0.3 is 10.1 Å². The van der Waals surface area contributed by atoms with E-state index < -0.39 is 0 Å². The molecular formula is C18H20FNO2S. The number of halogens is 1. The molecule has 0 unspecified atom stereocenters. The van der Waals surface area contributed by atoms with E-state index in [0.717, 1.165) is 16.9 Å². The number of carbonyl (C=O) groups is 1. The van der Waals surface area contributed by atoms with Gasteiger partial charge >= 0.3 is 0 Å². The van der Waals surface area contributed by atoms with E-state index in [1.807, 2.05) is 31.2 Å². The first-order valence-corrected chi connectivity index (χ1v) is 8.49. The highest BCUT2D eigenvalue weighted by Crippen LogP contribution is 2.18. The fourth-order valence-electron chi connectivity index (χ4n) is 2.10. The summed E-state index contributed by atoms with van der Waals surface area (Å²) in [6.45, 7) is 1.95. The van der Waals surface area contributed by atoms with Crippen LogP contribution in [-0.4, -0.2) is 18.8 Å². The van der Waals surface area contributed by atoms with Crippen molar-refractivity contribution >= 4 is 17.7 Å². The molecule has 0 aromatic heterocycles.